The largest absolute Gasteiger partial charge is 0.481 e. The molecule has 0 saturated heterocycles. The fourth-order valence-electron chi connectivity index (χ4n) is 1.70. The van der Waals surface area contributed by atoms with Gasteiger partial charge in [0, 0.05) is 10.0 Å². The van der Waals surface area contributed by atoms with E-state index in [1.807, 2.05) is 25.9 Å². The number of carboxylic acid groups (broad SMARTS) is 1. The molecule has 0 saturated carbocycles. The van der Waals surface area contributed by atoms with Gasteiger partial charge in [0.05, 0.1) is 12.0 Å². The van der Waals surface area contributed by atoms with Crippen molar-refractivity contribution in [2.24, 2.45) is 0 Å². The van der Waals surface area contributed by atoms with Gasteiger partial charge in [0.15, 0.2) is 0 Å². The van der Waals surface area contributed by atoms with Crippen molar-refractivity contribution in [2.75, 3.05) is 14.1 Å². The summed E-state index contributed by atoms with van der Waals surface area (Å²) >= 11 is 12.1. The maximum Gasteiger partial charge on any atom is 0.305 e. The molecule has 1 atom stereocenters. The molecule has 3 nitrogen and oxygen atoms in total. The fourth-order valence-corrected chi connectivity index (χ4v) is 2.19. The van der Waals surface area contributed by atoms with Crippen molar-refractivity contribution in [2.45, 2.75) is 18.9 Å². The van der Waals surface area contributed by atoms with Crippen LogP contribution in [0.4, 0.5) is 0 Å². The molecule has 0 fully saturated rings. The summed E-state index contributed by atoms with van der Waals surface area (Å²) in [4.78, 5) is 12.8. The Morgan fingerprint density at radius 1 is 1.41 bits per heavy atom. The zero-order chi connectivity index (χ0) is 13.2. The second-order valence-corrected chi connectivity index (χ2v) is 5.21. The zero-order valence-corrected chi connectivity index (χ0v) is 11.5. The van der Waals surface area contributed by atoms with Crippen LogP contribution in [0, 0.1) is 0 Å². The van der Waals surface area contributed by atoms with Crippen LogP contribution in [0.1, 0.15) is 18.9 Å². The predicted octanol–water partition coefficient (Wildman–Crippen LogP) is 3.24. The van der Waals surface area contributed by atoms with Crippen LogP contribution in [0.15, 0.2) is 18.2 Å². The normalized spacial score (nSPS) is 14.7. The van der Waals surface area contributed by atoms with Crippen molar-refractivity contribution in [1.82, 2.24) is 4.90 Å². The average molecular weight is 276 g/mol. The molecule has 0 heterocycles. The van der Waals surface area contributed by atoms with Gasteiger partial charge in [0.1, 0.15) is 0 Å². The van der Waals surface area contributed by atoms with Crippen LogP contribution < -0.4 is 0 Å². The third-order valence-corrected chi connectivity index (χ3v) is 3.56. The van der Waals surface area contributed by atoms with E-state index in [2.05, 4.69) is 0 Å². The fraction of sp³-hybridized carbons (Fsp3) is 0.417. The molecule has 0 aliphatic rings. The number of hydrogen-bond donors (Lipinski definition) is 1. The Morgan fingerprint density at radius 3 is 2.47 bits per heavy atom. The highest BCUT2D eigenvalue weighted by Gasteiger charge is 2.34. The SMILES string of the molecule is CN(C)C(C)(CC(=O)O)c1cc(Cl)ccc1Cl. The molecule has 1 aromatic rings. The lowest BCUT2D eigenvalue weighted by atomic mass is 9.87. The van der Waals surface area contributed by atoms with E-state index in [4.69, 9.17) is 28.3 Å². The van der Waals surface area contributed by atoms with Crippen LogP contribution in [0.2, 0.25) is 10.0 Å². The molecular formula is C12H15Cl2NO2. The summed E-state index contributed by atoms with van der Waals surface area (Å²) in [6.07, 6.45) is -0.0416. The predicted molar refractivity (Wildman–Crippen MR) is 69.8 cm³/mol. The monoisotopic (exact) mass is 275 g/mol. The van der Waals surface area contributed by atoms with Gasteiger partial charge in [-0.3, -0.25) is 9.69 Å². The van der Waals surface area contributed by atoms with Gasteiger partial charge in [-0.1, -0.05) is 23.2 Å². The molecule has 1 N–H and O–H groups in total. The first-order chi connectivity index (χ1) is 7.77. The molecule has 0 aliphatic heterocycles. The first kappa shape index (κ1) is 14.3. The molecule has 0 amide bonds. The minimum atomic E-state index is -0.878. The van der Waals surface area contributed by atoms with Gasteiger partial charge in [-0.2, -0.15) is 0 Å². The van der Waals surface area contributed by atoms with E-state index in [-0.39, 0.29) is 6.42 Å². The number of hydrogen-bond acceptors (Lipinski definition) is 2. The first-order valence-corrected chi connectivity index (χ1v) is 5.87. The van der Waals surface area contributed by atoms with Crippen molar-refractivity contribution < 1.29 is 9.90 Å². The number of carbonyl (C=O) groups is 1. The van der Waals surface area contributed by atoms with Gasteiger partial charge < -0.3 is 5.11 Å². The Balaban J connectivity index is 3.31. The Labute approximate surface area is 111 Å². The molecule has 1 aromatic carbocycles. The lowest BCUT2D eigenvalue weighted by Crippen LogP contribution is -2.40. The molecule has 17 heavy (non-hydrogen) atoms. The molecule has 5 heteroatoms. The smallest absolute Gasteiger partial charge is 0.305 e. The van der Waals surface area contributed by atoms with Gasteiger partial charge in [0.2, 0.25) is 0 Å². The van der Waals surface area contributed by atoms with E-state index in [1.165, 1.54) is 0 Å². The highest BCUT2D eigenvalue weighted by molar-refractivity contribution is 6.33. The van der Waals surface area contributed by atoms with Gasteiger partial charge in [0.25, 0.3) is 0 Å². The number of benzene rings is 1. The number of halogens is 2. The molecular weight excluding hydrogens is 261 g/mol. The maximum atomic E-state index is 11.0. The van der Waals surface area contributed by atoms with Crippen molar-refractivity contribution in [3.8, 4) is 0 Å². The highest BCUT2D eigenvalue weighted by atomic mass is 35.5. The van der Waals surface area contributed by atoms with Crippen molar-refractivity contribution >= 4 is 29.2 Å². The minimum Gasteiger partial charge on any atom is -0.481 e. The zero-order valence-electron chi connectivity index (χ0n) is 10.00. The van der Waals surface area contributed by atoms with E-state index in [9.17, 15) is 4.79 Å². The molecule has 0 spiro atoms. The van der Waals surface area contributed by atoms with Crippen LogP contribution in [0.5, 0.6) is 0 Å². The molecule has 0 radical (unpaired) electrons. The minimum absolute atomic E-state index is 0.0416. The number of nitrogens with zero attached hydrogens (tertiary/aromatic N) is 1. The van der Waals surface area contributed by atoms with Gasteiger partial charge in [-0.25, -0.2) is 0 Å². The Kier molecular flexibility index (Phi) is 4.42. The summed E-state index contributed by atoms with van der Waals surface area (Å²) < 4.78 is 0. The molecule has 1 rings (SSSR count). The van der Waals surface area contributed by atoms with E-state index >= 15 is 0 Å². The van der Waals surface area contributed by atoms with Gasteiger partial charge in [-0.15, -0.1) is 0 Å². The Hall–Kier alpha value is -0.770. The van der Waals surface area contributed by atoms with Crippen LogP contribution in [-0.4, -0.2) is 30.1 Å². The summed E-state index contributed by atoms with van der Waals surface area (Å²) in [6, 6.07) is 5.08. The van der Waals surface area contributed by atoms with Gasteiger partial charge in [-0.05, 0) is 44.8 Å². The molecule has 94 valence electrons. The standard InChI is InChI=1S/C12H15Cl2NO2/c1-12(15(2)3,7-11(16)17)9-6-8(13)4-5-10(9)14/h4-6H,7H2,1-3H3,(H,16,17). The van der Waals surface area contributed by atoms with Crippen molar-refractivity contribution in [1.29, 1.82) is 0 Å². The summed E-state index contributed by atoms with van der Waals surface area (Å²) in [6.45, 7) is 1.83. The molecule has 0 aliphatic carbocycles. The van der Waals surface area contributed by atoms with Gasteiger partial charge >= 0.3 is 5.97 Å². The van der Waals surface area contributed by atoms with Crippen LogP contribution in [0.25, 0.3) is 0 Å². The summed E-state index contributed by atoms with van der Waals surface area (Å²) in [5.41, 5.74) is 0.0347. The molecule has 0 aromatic heterocycles. The third-order valence-electron chi connectivity index (χ3n) is 2.99. The second-order valence-electron chi connectivity index (χ2n) is 4.36. The maximum absolute atomic E-state index is 11.0. The third kappa shape index (κ3) is 3.12. The second kappa shape index (κ2) is 5.25. The van der Waals surface area contributed by atoms with Crippen LogP contribution >= 0.6 is 23.2 Å². The van der Waals surface area contributed by atoms with E-state index in [0.29, 0.717) is 10.0 Å². The van der Waals surface area contributed by atoms with Crippen molar-refractivity contribution in [3.05, 3.63) is 33.8 Å². The first-order valence-electron chi connectivity index (χ1n) is 5.12. The van der Waals surface area contributed by atoms with Crippen molar-refractivity contribution in [3.63, 3.8) is 0 Å². The lowest BCUT2D eigenvalue weighted by Gasteiger charge is -2.36. The van der Waals surface area contributed by atoms with Crippen LogP contribution in [0.3, 0.4) is 0 Å². The van der Waals surface area contributed by atoms with E-state index < -0.39 is 11.5 Å². The Bertz CT molecular complexity index is 435. The van der Waals surface area contributed by atoms with Crippen LogP contribution in [-0.2, 0) is 10.3 Å². The number of carboxylic acids is 1. The Morgan fingerprint density at radius 2 is 2.00 bits per heavy atom. The van der Waals surface area contributed by atoms with E-state index in [1.54, 1.807) is 18.2 Å². The summed E-state index contributed by atoms with van der Waals surface area (Å²) in [5.74, 6) is -0.878. The summed E-state index contributed by atoms with van der Waals surface area (Å²) in [5, 5.41) is 10.1. The number of aliphatic carboxylic acids is 1. The molecule has 1 unspecified atom stereocenters. The topological polar surface area (TPSA) is 40.5 Å². The molecule has 0 bridgehead atoms. The lowest BCUT2D eigenvalue weighted by molar-refractivity contribution is -0.140. The summed E-state index contributed by atoms with van der Waals surface area (Å²) in [7, 11) is 3.64. The average Bonchev–Trinajstić information content (AvgIpc) is 2.20. The van der Waals surface area contributed by atoms with E-state index in [0.717, 1.165) is 5.56 Å². The number of rotatable bonds is 4. The quantitative estimate of drug-likeness (QED) is 0.917. The highest BCUT2D eigenvalue weighted by Crippen LogP contribution is 2.36.